The Morgan fingerprint density at radius 1 is 1.12 bits per heavy atom. The van der Waals surface area contributed by atoms with Gasteiger partial charge in [-0.15, -0.1) is 0 Å². The number of nitro groups is 2. The van der Waals surface area contributed by atoms with Gasteiger partial charge in [-0.3, -0.25) is 39.4 Å². The van der Waals surface area contributed by atoms with E-state index in [1.165, 1.54) is 0 Å². The standard InChI is InChI=1S/C12H7N3O8.Na/c1-5(16)9-10(17)12(19)13(11(9)18)7-3-2-6(14(20)21)4-8(7)15(22)23;/h2-4,9H,1H3;/q;+1. The number of benzene rings is 1. The van der Waals surface area contributed by atoms with E-state index in [0.717, 1.165) is 19.1 Å². The Morgan fingerprint density at radius 3 is 2.12 bits per heavy atom. The van der Waals surface area contributed by atoms with Crippen molar-refractivity contribution in [2.24, 2.45) is 5.92 Å². The van der Waals surface area contributed by atoms with E-state index >= 15 is 0 Å². The number of ketones is 2. The minimum Gasteiger partial charge on any atom is -0.299 e. The monoisotopic (exact) mass is 344 g/mol. The number of anilines is 1. The van der Waals surface area contributed by atoms with Gasteiger partial charge in [0.15, 0.2) is 5.92 Å². The van der Waals surface area contributed by atoms with Crippen molar-refractivity contribution in [2.75, 3.05) is 4.90 Å². The molecule has 0 spiro atoms. The molecule has 1 saturated heterocycles. The molecule has 0 aliphatic carbocycles. The summed E-state index contributed by atoms with van der Waals surface area (Å²) in [6.45, 7) is 0.932. The van der Waals surface area contributed by atoms with Crippen LogP contribution >= 0.6 is 0 Å². The fourth-order valence-electron chi connectivity index (χ4n) is 2.12. The molecule has 1 aromatic rings. The Hall–Kier alpha value is -2.50. The van der Waals surface area contributed by atoms with Gasteiger partial charge in [0.05, 0.1) is 15.9 Å². The van der Waals surface area contributed by atoms with Crippen LogP contribution in [0, 0.1) is 26.1 Å². The van der Waals surface area contributed by atoms with E-state index in [4.69, 9.17) is 0 Å². The summed E-state index contributed by atoms with van der Waals surface area (Å²) in [5.74, 6) is -6.63. The number of carbonyl (C=O) groups is 4. The summed E-state index contributed by atoms with van der Waals surface area (Å²) in [5, 5.41) is 21.7. The molecule has 2 rings (SSSR count). The van der Waals surface area contributed by atoms with Crippen molar-refractivity contribution in [1.29, 1.82) is 0 Å². The first kappa shape index (κ1) is 19.5. The minimum absolute atomic E-state index is 0. The normalized spacial score (nSPS) is 16.8. The molecule has 11 nitrogen and oxygen atoms in total. The number of hydrogen-bond donors (Lipinski definition) is 0. The third-order valence-corrected chi connectivity index (χ3v) is 3.16. The second-order valence-corrected chi connectivity index (χ2v) is 4.57. The number of nitrogens with zero attached hydrogens (tertiary/aromatic N) is 3. The summed E-state index contributed by atoms with van der Waals surface area (Å²) in [6, 6.07) is 2.21. The molecule has 0 saturated carbocycles. The van der Waals surface area contributed by atoms with Gasteiger partial charge < -0.3 is 0 Å². The molecule has 24 heavy (non-hydrogen) atoms. The van der Waals surface area contributed by atoms with Gasteiger partial charge in [-0.05, 0) is 13.0 Å². The van der Waals surface area contributed by atoms with Crippen LogP contribution in [0.1, 0.15) is 6.92 Å². The SMILES string of the molecule is CC(=O)C1C(=O)C(=O)N(c2ccc([N+](=O)[O-])cc2[N+](=O)[O-])C1=O.[Na+]. The molecular weight excluding hydrogens is 337 g/mol. The van der Waals surface area contributed by atoms with Gasteiger partial charge in [-0.1, -0.05) is 0 Å². The first-order chi connectivity index (χ1) is 10.7. The zero-order valence-corrected chi connectivity index (χ0v) is 14.4. The van der Waals surface area contributed by atoms with Crippen LogP contribution in [-0.2, 0) is 19.2 Å². The first-order valence-corrected chi connectivity index (χ1v) is 6.02. The number of carbonyl (C=O) groups excluding carboxylic acids is 4. The molecule has 1 heterocycles. The fourth-order valence-corrected chi connectivity index (χ4v) is 2.12. The van der Waals surface area contributed by atoms with Crippen molar-refractivity contribution in [1.82, 2.24) is 0 Å². The molecule has 1 aromatic carbocycles. The Balaban J connectivity index is 0.00000288. The van der Waals surface area contributed by atoms with Crippen LogP contribution in [-0.4, -0.2) is 33.2 Å². The van der Waals surface area contributed by atoms with Crippen molar-refractivity contribution in [3.63, 3.8) is 0 Å². The van der Waals surface area contributed by atoms with E-state index in [1.54, 1.807) is 0 Å². The molecule has 1 atom stereocenters. The van der Waals surface area contributed by atoms with Gasteiger partial charge in [0, 0.05) is 6.07 Å². The summed E-state index contributed by atoms with van der Waals surface area (Å²) in [6.07, 6.45) is 0. The number of non-ortho nitro benzene ring substituents is 1. The van der Waals surface area contributed by atoms with Crippen LogP contribution < -0.4 is 34.5 Å². The van der Waals surface area contributed by atoms with Gasteiger partial charge in [0.1, 0.15) is 11.5 Å². The predicted octanol–water partition coefficient (Wildman–Crippen LogP) is -2.85. The topological polar surface area (TPSA) is 158 Å². The average molecular weight is 344 g/mol. The average Bonchev–Trinajstić information content (AvgIpc) is 2.68. The van der Waals surface area contributed by atoms with Crippen LogP contribution in [0.2, 0.25) is 0 Å². The van der Waals surface area contributed by atoms with Crippen LogP contribution in [0.5, 0.6) is 0 Å². The number of imide groups is 1. The Bertz CT molecular complexity index is 805. The number of rotatable bonds is 4. The van der Waals surface area contributed by atoms with Gasteiger partial charge in [-0.25, -0.2) is 4.90 Å². The summed E-state index contributed by atoms with van der Waals surface area (Å²) >= 11 is 0. The summed E-state index contributed by atoms with van der Waals surface area (Å²) < 4.78 is 0. The Morgan fingerprint density at radius 2 is 1.71 bits per heavy atom. The van der Waals surface area contributed by atoms with Crippen LogP contribution in [0.15, 0.2) is 18.2 Å². The van der Waals surface area contributed by atoms with Crippen molar-refractivity contribution in [3.05, 3.63) is 38.4 Å². The second kappa shape index (κ2) is 6.95. The molecule has 12 heteroatoms. The minimum atomic E-state index is -1.85. The fraction of sp³-hybridized carbons (Fsp3) is 0.167. The van der Waals surface area contributed by atoms with E-state index in [2.05, 4.69) is 0 Å². The van der Waals surface area contributed by atoms with Crippen molar-refractivity contribution >= 4 is 40.4 Å². The third kappa shape index (κ3) is 3.09. The van der Waals surface area contributed by atoms with E-state index < -0.39 is 56.2 Å². The van der Waals surface area contributed by atoms with Gasteiger partial charge in [0.2, 0.25) is 5.78 Å². The molecule has 118 valence electrons. The molecule has 1 fully saturated rings. The number of nitro benzene ring substituents is 2. The van der Waals surface area contributed by atoms with E-state index in [1.807, 2.05) is 0 Å². The van der Waals surface area contributed by atoms with Crippen LogP contribution in [0.25, 0.3) is 0 Å². The van der Waals surface area contributed by atoms with E-state index in [9.17, 15) is 39.4 Å². The molecule has 2 amide bonds. The van der Waals surface area contributed by atoms with Crippen LogP contribution in [0.3, 0.4) is 0 Å². The van der Waals surface area contributed by atoms with Crippen LogP contribution in [0.4, 0.5) is 17.1 Å². The molecule has 1 aliphatic rings. The van der Waals surface area contributed by atoms with Gasteiger partial charge in [0.25, 0.3) is 17.3 Å². The zero-order chi connectivity index (χ0) is 17.5. The maximum Gasteiger partial charge on any atom is 1.00 e. The molecule has 0 aromatic heterocycles. The summed E-state index contributed by atoms with van der Waals surface area (Å²) in [5.41, 5.74) is -2.14. The van der Waals surface area contributed by atoms with Crippen molar-refractivity contribution in [2.45, 2.75) is 6.92 Å². The van der Waals surface area contributed by atoms with Crippen molar-refractivity contribution < 1.29 is 58.6 Å². The van der Waals surface area contributed by atoms with Gasteiger partial charge in [-0.2, -0.15) is 0 Å². The zero-order valence-electron chi connectivity index (χ0n) is 12.4. The maximum absolute atomic E-state index is 12.1. The van der Waals surface area contributed by atoms with Crippen molar-refractivity contribution in [3.8, 4) is 0 Å². The predicted molar refractivity (Wildman–Crippen MR) is 71.4 cm³/mol. The molecule has 0 bridgehead atoms. The quantitative estimate of drug-likeness (QED) is 0.141. The molecule has 0 radical (unpaired) electrons. The Labute approximate surface area is 155 Å². The molecular formula is C12H7N3NaO8+. The van der Waals surface area contributed by atoms with Gasteiger partial charge >= 0.3 is 35.5 Å². The second-order valence-electron chi connectivity index (χ2n) is 4.57. The number of amides is 2. The number of hydrogen-bond acceptors (Lipinski definition) is 8. The number of Topliss-reactive ketones (excluding diaryl/α,β-unsaturated/α-hetero) is 2. The first-order valence-electron chi connectivity index (χ1n) is 6.02. The molecule has 0 N–H and O–H groups in total. The molecule has 1 unspecified atom stereocenters. The largest absolute Gasteiger partial charge is 1.00 e. The maximum atomic E-state index is 12.1. The molecule has 1 aliphatic heterocycles. The smallest absolute Gasteiger partial charge is 0.299 e. The van der Waals surface area contributed by atoms with E-state index in [-0.39, 0.29) is 34.5 Å². The Kier molecular flexibility index (Phi) is 5.66. The summed E-state index contributed by atoms with van der Waals surface area (Å²) in [4.78, 5) is 66.9. The van der Waals surface area contributed by atoms with E-state index in [0.29, 0.717) is 6.07 Å². The third-order valence-electron chi connectivity index (χ3n) is 3.16. The summed E-state index contributed by atoms with van der Waals surface area (Å²) in [7, 11) is 0.